The van der Waals surface area contributed by atoms with E-state index in [0.29, 0.717) is 6.54 Å². The Labute approximate surface area is 112 Å². The minimum Gasteiger partial charge on any atom is -0.368 e. The molecule has 0 aliphatic rings. The van der Waals surface area contributed by atoms with Crippen LogP contribution < -0.4 is 5.73 Å². The second-order valence-corrected chi connectivity index (χ2v) is 5.03. The lowest BCUT2D eigenvalue weighted by molar-refractivity contribution is -0.118. The van der Waals surface area contributed by atoms with E-state index in [1.807, 2.05) is 13.8 Å². The van der Waals surface area contributed by atoms with Gasteiger partial charge in [-0.05, 0) is 25.0 Å². The summed E-state index contributed by atoms with van der Waals surface area (Å²) in [5.41, 5.74) is 5.89. The molecule has 1 rings (SSSR count). The average Bonchev–Trinajstić information content (AvgIpc) is 2.29. The molecule has 104 valence electrons. The molecule has 0 heterocycles. The molecule has 1 aromatic rings. The van der Waals surface area contributed by atoms with Gasteiger partial charge in [0.25, 0.3) is 5.91 Å². The van der Waals surface area contributed by atoms with Crippen LogP contribution in [0.1, 0.15) is 29.8 Å². The fourth-order valence-corrected chi connectivity index (χ4v) is 1.82. The van der Waals surface area contributed by atoms with E-state index in [1.165, 1.54) is 17.0 Å². The maximum atomic E-state index is 13.7. The van der Waals surface area contributed by atoms with E-state index in [1.54, 1.807) is 13.0 Å². The van der Waals surface area contributed by atoms with Crippen molar-refractivity contribution in [1.29, 1.82) is 0 Å². The van der Waals surface area contributed by atoms with Gasteiger partial charge in [-0.3, -0.25) is 9.59 Å². The van der Waals surface area contributed by atoms with Crippen LogP contribution in [0, 0.1) is 18.7 Å². The van der Waals surface area contributed by atoms with Gasteiger partial charge in [0.05, 0.1) is 12.1 Å². The van der Waals surface area contributed by atoms with E-state index in [-0.39, 0.29) is 18.0 Å². The first-order valence-electron chi connectivity index (χ1n) is 6.15. The highest BCUT2D eigenvalue weighted by Gasteiger charge is 2.21. The van der Waals surface area contributed by atoms with Gasteiger partial charge >= 0.3 is 0 Å². The van der Waals surface area contributed by atoms with Gasteiger partial charge < -0.3 is 10.6 Å². The summed E-state index contributed by atoms with van der Waals surface area (Å²) < 4.78 is 13.7. The van der Waals surface area contributed by atoms with Crippen LogP contribution in [0.4, 0.5) is 4.39 Å². The SMILES string of the molecule is Cc1ccc(F)c(C(=O)N(CC(N)=O)CC(C)C)c1. The third-order valence-corrected chi connectivity index (χ3v) is 2.57. The van der Waals surface area contributed by atoms with Crippen molar-refractivity contribution in [2.75, 3.05) is 13.1 Å². The lowest BCUT2D eigenvalue weighted by atomic mass is 10.1. The number of hydrogen-bond donors (Lipinski definition) is 1. The topological polar surface area (TPSA) is 63.4 Å². The largest absolute Gasteiger partial charge is 0.368 e. The van der Waals surface area contributed by atoms with Crippen molar-refractivity contribution in [3.05, 3.63) is 35.1 Å². The Morgan fingerprint density at radius 1 is 1.37 bits per heavy atom. The standard InChI is InChI=1S/C14H19FN2O2/c1-9(2)7-17(8-13(16)18)14(19)11-6-10(3)4-5-12(11)15/h4-6,9H,7-8H2,1-3H3,(H2,16,18). The molecule has 0 saturated heterocycles. The fraction of sp³-hybridized carbons (Fsp3) is 0.429. The normalized spacial score (nSPS) is 10.6. The summed E-state index contributed by atoms with van der Waals surface area (Å²) >= 11 is 0. The first kappa shape index (κ1) is 15.1. The predicted molar refractivity (Wildman–Crippen MR) is 71.1 cm³/mol. The zero-order valence-electron chi connectivity index (χ0n) is 11.4. The molecule has 2 N–H and O–H groups in total. The van der Waals surface area contributed by atoms with E-state index in [2.05, 4.69) is 0 Å². The molecule has 19 heavy (non-hydrogen) atoms. The number of aryl methyl sites for hydroxylation is 1. The Bertz CT molecular complexity index is 486. The number of benzene rings is 1. The number of carbonyl (C=O) groups is 2. The van der Waals surface area contributed by atoms with E-state index >= 15 is 0 Å². The fourth-order valence-electron chi connectivity index (χ4n) is 1.82. The van der Waals surface area contributed by atoms with Gasteiger partial charge in [0.15, 0.2) is 0 Å². The molecular formula is C14H19FN2O2. The van der Waals surface area contributed by atoms with Gasteiger partial charge in [-0.25, -0.2) is 4.39 Å². The summed E-state index contributed by atoms with van der Waals surface area (Å²) in [7, 11) is 0. The lowest BCUT2D eigenvalue weighted by Gasteiger charge is -2.23. The highest BCUT2D eigenvalue weighted by molar-refractivity contribution is 5.96. The van der Waals surface area contributed by atoms with Crippen LogP contribution in [-0.4, -0.2) is 29.8 Å². The summed E-state index contributed by atoms with van der Waals surface area (Å²) in [6.07, 6.45) is 0. The molecule has 0 atom stereocenters. The molecule has 0 saturated carbocycles. The van der Waals surface area contributed by atoms with Gasteiger partial charge in [0, 0.05) is 6.54 Å². The van der Waals surface area contributed by atoms with E-state index < -0.39 is 17.6 Å². The quantitative estimate of drug-likeness (QED) is 0.882. The first-order valence-corrected chi connectivity index (χ1v) is 6.15. The van der Waals surface area contributed by atoms with Gasteiger partial charge in [-0.1, -0.05) is 25.5 Å². The molecule has 1 aromatic carbocycles. The summed E-state index contributed by atoms with van der Waals surface area (Å²) in [5.74, 6) is -1.54. The van der Waals surface area contributed by atoms with Crippen LogP contribution >= 0.6 is 0 Å². The number of nitrogens with two attached hydrogens (primary N) is 1. The summed E-state index contributed by atoms with van der Waals surface area (Å²) in [5, 5.41) is 0. The molecule has 5 heteroatoms. The Kier molecular flexibility index (Phi) is 5.03. The minimum absolute atomic E-state index is 0.0260. The second-order valence-electron chi connectivity index (χ2n) is 5.03. The van der Waals surface area contributed by atoms with E-state index in [9.17, 15) is 14.0 Å². The van der Waals surface area contributed by atoms with Crippen LogP contribution in [-0.2, 0) is 4.79 Å². The lowest BCUT2D eigenvalue weighted by Crippen LogP contribution is -2.40. The zero-order chi connectivity index (χ0) is 14.6. The minimum atomic E-state index is -0.609. The van der Waals surface area contributed by atoms with Crippen molar-refractivity contribution in [3.8, 4) is 0 Å². The smallest absolute Gasteiger partial charge is 0.257 e. The highest BCUT2D eigenvalue weighted by atomic mass is 19.1. The van der Waals surface area contributed by atoms with Crippen molar-refractivity contribution in [2.45, 2.75) is 20.8 Å². The number of rotatable bonds is 5. The molecule has 0 bridgehead atoms. The summed E-state index contributed by atoms with van der Waals surface area (Å²) in [6, 6.07) is 4.32. The van der Waals surface area contributed by atoms with Crippen LogP contribution in [0.2, 0.25) is 0 Å². The van der Waals surface area contributed by atoms with Gasteiger partial charge in [0.1, 0.15) is 5.82 Å². The number of carbonyl (C=O) groups excluding carboxylic acids is 2. The van der Waals surface area contributed by atoms with Crippen molar-refractivity contribution in [2.24, 2.45) is 11.7 Å². The van der Waals surface area contributed by atoms with Crippen LogP contribution in [0.5, 0.6) is 0 Å². The van der Waals surface area contributed by atoms with E-state index in [0.717, 1.165) is 5.56 Å². The van der Waals surface area contributed by atoms with E-state index in [4.69, 9.17) is 5.73 Å². The number of nitrogens with zero attached hydrogens (tertiary/aromatic N) is 1. The van der Waals surface area contributed by atoms with Crippen molar-refractivity contribution in [3.63, 3.8) is 0 Å². The molecule has 0 aliphatic heterocycles. The second kappa shape index (κ2) is 6.31. The van der Waals surface area contributed by atoms with Gasteiger partial charge in [-0.15, -0.1) is 0 Å². The van der Waals surface area contributed by atoms with Gasteiger partial charge in [-0.2, -0.15) is 0 Å². The third-order valence-electron chi connectivity index (χ3n) is 2.57. The maximum absolute atomic E-state index is 13.7. The Morgan fingerprint density at radius 2 is 2.00 bits per heavy atom. The molecule has 0 spiro atoms. The van der Waals surface area contributed by atoms with Gasteiger partial charge in [0.2, 0.25) is 5.91 Å². The van der Waals surface area contributed by atoms with Crippen molar-refractivity contribution < 1.29 is 14.0 Å². The van der Waals surface area contributed by atoms with Crippen LogP contribution in [0.3, 0.4) is 0 Å². The number of halogens is 1. The van der Waals surface area contributed by atoms with Crippen molar-refractivity contribution in [1.82, 2.24) is 4.90 Å². The Balaban J connectivity index is 3.03. The predicted octanol–water partition coefficient (Wildman–Crippen LogP) is 1.72. The van der Waals surface area contributed by atoms with Crippen LogP contribution in [0.15, 0.2) is 18.2 Å². The molecule has 0 radical (unpaired) electrons. The monoisotopic (exact) mass is 266 g/mol. The summed E-state index contributed by atoms with van der Waals surface area (Å²) in [4.78, 5) is 24.6. The third kappa shape index (κ3) is 4.35. The highest BCUT2D eigenvalue weighted by Crippen LogP contribution is 2.14. The van der Waals surface area contributed by atoms with Crippen LogP contribution in [0.25, 0.3) is 0 Å². The molecule has 0 aromatic heterocycles. The summed E-state index contributed by atoms with van der Waals surface area (Å²) in [6.45, 7) is 5.75. The molecule has 0 fully saturated rings. The number of amides is 2. The molecule has 4 nitrogen and oxygen atoms in total. The number of hydrogen-bond acceptors (Lipinski definition) is 2. The Hall–Kier alpha value is -1.91. The van der Waals surface area contributed by atoms with Crippen molar-refractivity contribution >= 4 is 11.8 Å². The molecular weight excluding hydrogens is 247 g/mol. The first-order chi connectivity index (χ1) is 8.81. The molecule has 2 amide bonds. The molecule has 0 aliphatic carbocycles. The Morgan fingerprint density at radius 3 is 2.53 bits per heavy atom. The molecule has 0 unspecified atom stereocenters. The number of primary amides is 1. The maximum Gasteiger partial charge on any atom is 0.257 e. The average molecular weight is 266 g/mol. The zero-order valence-corrected chi connectivity index (χ0v) is 11.4.